The molecule has 0 aromatic heterocycles. The molecule has 1 unspecified atom stereocenters. The second-order valence-electron chi connectivity index (χ2n) is 7.82. The van der Waals surface area contributed by atoms with Crippen molar-refractivity contribution >= 4 is 11.4 Å². The molecule has 4 rings (SSSR count). The topological polar surface area (TPSA) is 70.5 Å². The molecule has 1 aliphatic carbocycles. The second-order valence-corrected chi connectivity index (χ2v) is 7.82. The Kier molecular flexibility index (Phi) is 4.23. The molecular weight excluding hydrogens is 300 g/mol. The van der Waals surface area contributed by atoms with Crippen molar-refractivity contribution in [3.63, 3.8) is 0 Å². The van der Waals surface area contributed by atoms with Gasteiger partial charge < -0.3 is 20.9 Å². The first-order valence-corrected chi connectivity index (χ1v) is 9.71. The van der Waals surface area contributed by atoms with Crippen molar-refractivity contribution < 1.29 is 9.47 Å². The minimum absolute atomic E-state index is 0.276. The van der Waals surface area contributed by atoms with Gasteiger partial charge in [0.25, 0.3) is 0 Å². The number of benzene rings is 1. The maximum absolute atomic E-state index is 6.36. The number of hydrogen-bond acceptors (Lipinski definition) is 4. The first-order valence-electron chi connectivity index (χ1n) is 9.71. The fourth-order valence-corrected chi connectivity index (χ4v) is 4.96. The predicted octanol–water partition coefficient (Wildman–Crippen LogP) is 4.09. The number of fused-ring (bicyclic) bond motifs is 3. The Bertz CT molecular complexity index is 621. The fourth-order valence-electron chi connectivity index (χ4n) is 4.96. The van der Waals surface area contributed by atoms with Gasteiger partial charge in [0, 0.05) is 17.5 Å². The molecule has 1 fully saturated rings. The van der Waals surface area contributed by atoms with Gasteiger partial charge in [-0.05, 0) is 37.5 Å². The highest BCUT2D eigenvalue weighted by atomic mass is 16.5. The minimum atomic E-state index is 0.276. The van der Waals surface area contributed by atoms with Crippen LogP contribution in [0, 0.1) is 11.8 Å². The summed E-state index contributed by atoms with van der Waals surface area (Å²) in [5.74, 6) is 3.27. The van der Waals surface area contributed by atoms with E-state index in [0.29, 0.717) is 17.3 Å². The zero-order valence-corrected chi connectivity index (χ0v) is 14.8. The largest absolute Gasteiger partial charge is 0.491 e. The van der Waals surface area contributed by atoms with Gasteiger partial charge in [0.1, 0.15) is 29.0 Å². The zero-order chi connectivity index (χ0) is 16.7. The standard InChI is InChI=1S/C20H30N2O2/c1-2-4-12-6-8-13(9-7-12)16-11-15-14-5-3-10-23-19(14)17(21)18(22)20(15)24-16/h12-13,16H,2-11,21-22H2,1H3. The first kappa shape index (κ1) is 15.9. The van der Waals surface area contributed by atoms with Gasteiger partial charge in [-0.1, -0.05) is 32.6 Å². The Morgan fingerprint density at radius 3 is 2.50 bits per heavy atom. The van der Waals surface area contributed by atoms with E-state index >= 15 is 0 Å². The van der Waals surface area contributed by atoms with Gasteiger partial charge in [-0.2, -0.15) is 0 Å². The average Bonchev–Trinajstić information content (AvgIpc) is 3.06. The lowest BCUT2D eigenvalue weighted by Crippen LogP contribution is -2.29. The van der Waals surface area contributed by atoms with E-state index in [-0.39, 0.29) is 6.10 Å². The second kappa shape index (κ2) is 6.38. The third-order valence-electron chi connectivity index (χ3n) is 6.30. The quantitative estimate of drug-likeness (QED) is 0.647. The Balaban J connectivity index is 1.53. The Morgan fingerprint density at radius 2 is 1.75 bits per heavy atom. The summed E-state index contributed by atoms with van der Waals surface area (Å²) in [4.78, 5) is 0. The van der Waals surface area contributed by atoms with Gasteiger partial charge in [-0.15, -0.1) is 0 Å². The van der Waals surface area contributed by atoms with Crippen LogP contribution in [0.3, 0.4) is 0 Å². The van der Waals surface area contributed by atoms with Crippen LogP contribution in [-0.4, -0.2) is 12.7 Å². The third-order valence-corrected chi connectivity index (χ3v) is 6.30. The maximum atomic E-state index is 6.36. The van der Waals surface area contributed by atoms with Crippen molar-refractivity contribution in [1.29, 1.82) is 0 Å². The SMILES string of the molecule is CCCC1CCC(C2Cc3c4c(c(N)c(N)c3O2)OCCC4)CC1. The number of nitrogen functional groups attached to an aromatic ring is 2. The molecule has 4 N–H and O–H groups in total. The van der Waals surface area contributed by atoms with Gasteiger partial charge in [-0.25, -0.2) is 0 Å². The summed E-state index contributed by atoms with van der Waals surface area (Å²) in [6.07, 6.45) is 11.3. The number of nitrogens with two attached hydrogens (primary N) is 2. The van der Waals surface area contributed by atoms with Gasteiger partial charge in [0.2, 0.25) is 0 Å². The van der Waals surface area contributed by atoms with Crippen LogP contribution in [0.2, 0.25) is 0 Å². The summed E-state index contributed by atoms with van der Waals surface area (Å²) in [6, 6.07) is 0. The van der Waals surface area contributed by atoms with Crippen LogP contribution in [0.25, 0.3) is 0 Å². The molecule has 1 aromatic rings. The van der Waals surface area contributed by atoms with Crippen molar-refractivity contribution in [3.8, 4) is 11.5 Å². The van der Waals surface area contributed by atoms with Gasteiger partial charge in [-0.3, -0.25) is 0 Å². The van der Waals surface area contributed by atoms with Crippen LogP contribution in [-0.2, 0) is 12.8 Å². The predicted molar refractivity (Wildman–Crippen MR) is 97.6 cm³/mol. The van der Waals surface area contributed by atoms with E-state index in [0.717, 1.165) is 43.3 Å². The molecule has 4 heteroatoms. The molecular formula is C20H30N2O2. The summed E-state index contributed by atoms with van der Waals surface area (Å²) in [7, 11) is 0. The molecule has 0 spiro atoms. The third kappa shape index (κ3) is 2.60. The highest BCUT2D eigenvalue weighted by Crippen LogP contribution is 2.50. The fraction of sp³-hybridized carbons (Fsp3) is 0.700. The van der Waals surface area contributed by atoms with E-state index in [1.54, 1.807) is 0 Å². The van der Waals surface area contributed by atoms with Gasteiger partial charge in [0.05, 0.1) is 6.61 Å². The summed E-state index contributed by atoms with van der Waals surface area (Å²) in [5.41, 5.74) is 16.2. The smallest absolute Gasteiger partial charge is 0.148 e. The monoisotopic (exact) mass is 330 g/mol. The molecule has 24 heavy (non-hydrogen) atoms. The van der Waals surface area contributed by atoms with Crippen LogP contribution in [0.15, 0.2) is 0 Å². The molecule has 0 radical (unpaired) electrons. The maximum Gasteiger partial charge on any atom is 0.148 e. The normalized spacial score (nSPS) is 28.6. The highest BCUT2D eigenvalue weighted by Gasteiger charge is 2.37. The lowest BCUT2D eigenvalue weighted by Gasteiger charge is -2.31. The van der Waals surface area contributed by atoms with Crippen LogP contribution in [0.1, 0.15) is 63.0 Å². The number of ether oxygens (including phenoxy) is 2. The van der Waals surface area contributed by atoms with E-state index in [9.17, 15) is 0 Å². The Hall–Kier alpha value is -1.58. The number of rotatable bonds is 3. The molecule has 132 valence electrons. The first-order chi connectivity index (χ1) is 11.7. The van der Waals surface area contributed by atoms with Crippen molar-refractivity contribution in [2.75, 3.05) is 18.1 Å². The minimum Gasteiger partial charge on any atom is -0.491 e. The van der Waals surface area contributed by atoms with Crippen molar-refractivity contribution in [2.45, 2.75) is 70.8 Å². The van der Waals surface area contributed by atoms with Crippen LogP contribution in [0.4, 0.5) is 11.4 Å². The lowest BCUT2D eigenvalue weighted by molar-refractivity contribution is 0.112. The number of hydrogen-bond donors (Lipinski definition) is 2. The van der Waals surface area contributed by atoms with Gasteiger partial charge >= 0.3 is 0 Å². The van der Waals surface area contributed by atoms with E-state index in [2.05, 4.69) is 6.92 Å². The van der Waals surface area contributed by atoms with Crippen LogP contribution >= 0.6 is 0 Å². The molecule has 0 bridgehead atoms. The van der Waals surface area contributed by atoms with E-state index in [1.165, 1.54) is 49.7 Å². The molecule has 1 atom stereocenters. The Morgan fingerprint density at radius 1 is 1.00 bits per heavy atom. The Labute approximate surface area is 144 Å². The van der Waals surface area contributed by atoms with Crippen LogP contribution < -0.4 is 20.9 Å². The summed E-state index contributed by atoms with van der Waals surface area (Å²) in [5, 5.41) is 0. The molecule has 3 aliphatic rings. The van der Waals surface area contributed by atoms with Crippen LogP contribution in [0.5, 0.6) is 11.5 Å². The highest BCUT2D eigenvalue weighted by molar-refractivity contribution is 5.82. The van der Waals surface area contributed by atoms with Crippen molar-refractivity contribution in [1.82, 2.24) is 0 Å². The molecule has 2 aliphatic heterocycles. The average molecular weight is 330 g/mol. The van der Waals surface area contributed by atoms with Crippen molar-refractivity contribution in [3.05, 3.63) is 11.1 Å². The van der Waals surface area contributed by atoms with Gasteiger partial charge in [0.15, 0.2) is 0 Å². The van der Waals surface area contributed by atoms with Crippen molar-refractivity contribution in [2.24, 2.45) is 11.8 Å². The molecule has 2 heterocycles. The zero-order valence-electron chi connectivity index (χ0n) is 14.8. The van der Waals surface area contributed by atoms with E-state index in [1.807, 2.05) is 0 Å². The summed E-state index contributed by atoms with van der Waals surface area (Å²) < 4.78 is 12.2. The van der Waals surface area contributed by atoms with E-state index < -0.39 is 0 Å². The molecule has 0 amide bonds. The van der Waals surface area contributed by atoms with E-state index in [4.69, 9.17) is 20.9 Å². The lowest BCUT2D eigenvalue weighted by atomic mass is 9.77. The molecule has 1 aromatic carbocycles. The molecule has 4 nitrogen and oxygen atoms in total. The molecule has 0 saturated heterocycles. The summed E-state index contributed by atoms with van der Waals surface area (Å²) >= 11 is 0. The molecule has 1 saturated carbocycles. The summed E-state index contributed by atoms with van der Waals surface area (Å²) in [6.45, 7) is 3.03. The number of anilines is 2.